The van der Waals surface area contributed by atoms with Crippen LogP contribution in [0, 0.1) is 5.92 Å². The first-order valence-electron chi connectivity index (χ1n) is 8.43. The van der Waals surface area contributed by atoms with Gasteiger partial charge < -0.3 is 9.64 Å². The van der Waals surface area contributed by atoms with Crippen molar-refractivity contribution in [2.45, 2.75) is 31.1 Å². The first-order chi connectivity index (χ1) is 11.8. The molecule has 1 heterocycles. The van der Waals surface area contributed by atoms with Gasteiger partial charge in [0, 0.05) is 13.1 Å². The van der Waals surface area contributed by atoms with Crippen LogP contribution in [0.25, 0.3) is 0 Å². The van der Waals surface area contributed by atoms with Crippen molar-refractivity contribution in [3.8, 4) is 0 Å². The Hall–Kier alpha value is -1.15. The van der Waals surface area contributed by atoms with Gasteiger partial charge in [-0.2, -0.15) is 0 Å². The van der Waals surface area contributed by atoms with Gasteiger partial charge in [0.1, 0.15) is 4.90 Å². The van der Waals surface area contributed by atoms with Crippen molar-refractivity contribution in [2.75, 3.05) is 33.3 Å². The Labute approximate surface area is 154 Å². The summed E-state index contributed by atoms with van der Waals surface area (Å²) >= 11 is 6.03. The molecule has 0 bridgehead atoms. The molecule has 0 radical (unpaired) electrons. The van der Waals surface area contributed by atoms with Crippen LogP contribution in [0.4, 0.5) is 0 Å². The summed E-state index contributed by atoms with van der Waals surface area (Å²) in [6.45, 7) is 5.63. The number of likely N-dealkylation sites (tertiary alicyclic amines) is 1. The van der Waals surface area contributed by atoms with Gasteiger partial charge in [0.15, 0.2) is 0 Å². The van der Waals surface area contributed by atoms with Crippen molar-refractivity contribution in [3.05, 3.63) is 28.8 Å². The van der Waals surface area contributed by atoms with E-state index in [2.05, 4.69) is 21.3 Å². The number of hydrogen-bond donors (Lipinski definition) is 1. The van der Waals surface area contributed by atoms with Crippen molar-refractivity contribution in [1.29, 1.82) is 0 Å². The molecule has 25 heavy (non-hydrogen) atoms. The third kappa shape index (κ3) is 5.67. The molecule has 140 valence electrons. The number of nitrogens with zero attached hydrogens (tertiary/aromatic N) is 1. The van der Waals surface area contributed by atoms with Crippen LogP contribution in [0.3, 0.4) is 0 Å². The number of benzene rings is 1. The van der Waals surface area contributed by atoms with Gasteiger partial charge in [0.25, 0.3) is 0 Å². The third-order valence-electron chi connectivity index (χ3n) is 4.33. The number of methoxy groups -OCH3 is 1. The van der Waals surface area contributed by atoms with E-state index in [-0.39, 0.29) is 15.5 Å². The zero-order chi connectivity index (χ0) is 18.4. The first kappa shape index (κ1) is 20.2. The molecule has 0 aromatic heterocycles. The maximum atomic E-state index is 12.4. The van der Waals surface area contributed by atoms with Gasteiger partial charge >= 0.3 is 5.97 Å². The summed E-state index contributed by atoms with van der Waals surface area (Å²) in [6, 6.07) is 4.02. The molecular weight excluding hydrogens is 364 g/mol. The van der Waals surface area contributed by atoms with E-state index in [1.807, 2.05) is 0 Å². The van der Waals surface area contributed by atoms with Crippen molar-refractivity contribution in [2.24, 2.45) is 5.92 Å². The normalized spacial score (nSPS) is 18.9. The van der Waals surface area contributed by atoms with Crippen molar-refractivity contribution in [3.63, 3.8) is 0 Å². The Balaban J connectivity index is 1.89. The van der Waals surface area contributed by atoms with E-state index >= 15 is 0 Å². The number of carbonyl (C=O) groups is 1. The number of rotatable bonds is 7. The van der Waals surface area contributed by atoms with Crippen LogP contribution in [0.2, 0.25) is 5.02 Å². The highest BCUT2D eigenvalue weighted by atomic mass is 35.5. The highest BCUT2D eigenvalue weighted by Crippen LogP contribution is 2.23. The molecular formula is C17H25ClN2O4S. The lowest BCUT2D eigenvalue weighted by Gasteiger charge is -2.30. The molecule has 1 aromatic rings. The van der Waals surface area contributed by atoms with E-state index in [0.29, 0.717) is 12.5 Å². The fourth-order valence-corrected chi connectivity index (χ4v) is 4.66. The predicted octanol–water partition coefficient (Wildman–Crippen LogP) is 2.53. The van der Waals surface area contributed by atoms with Crippen molar-refractivity contribution in [1.82, 2.24) is 9.62 Å². The number of carbonyl (C=O) groups excluding carboxylic acids is 1. The Morgan fingerprint density at radius 1 is 1.44 bits per heavy atom. The SMILES string of the molecule is COC(=O)c1ccc(S(=O)(=O)NCCCN2CCCC(C)C2)c(Cl)c1. The highest BCUT2D eigenvalue weighted by molar-refractivity contribution is 7.89. The lowest BCUT2D eigenvalue weighted by molar-refractivity contribution is 0.0600. The topological polar surface area (TPSA) is 75.7 Å². The Morgan fingerprint density at radius 2 is 2.20 bits per heavy atom. The summed E-state index contributed by atoms with van der Waals surface area (Å²) in [4.78, 5) is 13.8. The van der Waals surface area contributed by atoms with Gasteiger partial charge in [-0.3, -0.25) is 0 Å². The second-order valence-corrected chi connectivity index (χ2v) is 8.58. The molecule has 1 saturated heterocycles. The molecule has 8 heteroatoms. The van der Waals surface area contributed by atoms with Crippen molar-refractivity contribution >= 4 is 27.6 Å². The smallest absolute Gasteiger partial charge is 0.337 e. The molecule has 6 nitrogen and oxygen atoms in total. The quantitative estimate of drug-likeness (QED) is 0.573. The highest BCUT2D eigenvalue weighted by Gasteiger charge is 2.20. The van der Waals surface area contributed by atoms with E-state index in [0.717, 1.165) is 26.1 Å². The Bertz CT molecular complexity index is 709. The Morgan fingerprint density at radius 3 is 2.84 bits per heavy atom. The summed E-state index contributed by atoms with van der Waals surface area (Å²) < 4.78 is 31.9. The summed E-state index contributed by atoms with van der Waals surface area (Å²) in [5.41, 5.74) is 0.214. The van der Waals surface area contributed by atoms with Crippen LogP contribution in [0.5, 0.6) is 0 Å². The lowest BCUT2D eigenvalue weighted by Crippen LogP contribution is -2.36. The number of esters is 1. The fraction of sp³-hybridized carbons (Fsp3) is 0.588. The monoisotopic (exact) mass is 388 g/mol. The predicted molar refractivity (Wildman–Crippen MR) is 97.4 cm³/mol. The van der Waals surface area contributed by atoms with Gasteiger partial charge in [-0.05, 0) is 56.5 Å². The number of sulfonamides is 1. The minimum atomic E-state index is -3.71. The zero-order valence-corrected chi connectivity index (χ0v) is 16.2. The maximum Gasteiger partial charge on any atom is 0.337 e. The Kier molecular flexibility index (Phi) is 7.25. The van der Waals surface area contributed by atoms with Crippen LogP contribution < -0.4 is 4.72 Å². The third-order valence-corrected chi connectivity index (χ3v) is 6.27. The molecule has 0 amide bonds. The molecule has 0 aliphatic carbocycles. The summed E-state index contributed by atoms with van der Waals surface area (Å²) in [5, 5.41) is 0.000236. The largest absolute Gasteiger partial charge is 0.465 e. The fourth-order valence-electron chi connectivity index (χ4n) is 3.04. The lowest BCUT2D eigenvalue weighted by atomic mass is 10.0. The van der Waals surface area contributed by atoms with Crippen LogP contribution in [0.1, 0.15) is 36.5 Å². The van der Waals surface area contributed by atoms with Gasteiger partial charge in [-0.25, -0.2) is 17.9 Å². The number of piperidine rings is 1. The van der Waals surface area contributed by atoms with E-state index in [9.17, 15) is 13.2 Å². The second kappa shape index (κ2) is 8.98. The van der Waals surface area contributed by atoms with E-state index in [1.165, 1.54) is 38.2 Å². The molecule has 2 rings (SSSR count). The number of hydrogen-bond acceptors (Lipinski definition) is 5. The van der Waals surface area contributed by atoms with Crippen LogP contribution in [-0.2, 0) is 14.8 Å². The summed E-state index contributed by atoms with van der Waals surface area (Å²) in [7, 11) is -2.45. The molecule has 1 aliphatic heterocycles. The maximum absolute atomic E-state index is 12.4. The summed E-state index contributed by atoms with van der Waals surface area (Å²) in [5.74, 6) is 0.146. The van der Waals surface area contributed by atoms with E-state index in [4.69, 9.17) is 11.6 Å². The molecule has 1 fully saturated rings. The number of ether oxygens (including phenoxy) is 1. The summed E-state index contributed by atoms with van der Waals surface area (Å²) in [6.07, 6.45) is 3.21. The second-order valence-electron chi connectivity index (χ2n) is 6.44. The van der Waals surface area contributed by atoms with Crippen LogP contribution in [-0.4, -0.2) is 52.6 Å². The van der Waals surface area contributed by atoms with Gasteiger partial charge in [-0.15, -0.1) is 0 Å². The van der Waals surface area contributed by atoms with Gasteiger partial charge in [0.05, 0.1) is 17.7 Å². The first-order valence-corrected chi connectivity index (χ1v) is 10.3. The number of nitrogens with one attached hydrogen (secondary N) is 1. The van der Waals surface area contributed by atoms with Gasteiger partial charge in [-0.1, -0.05) is 18.5 Å². The zero-order valence-electron chi connectivity index (χ0n) is 14.6. The minimum Gasteiger partial charge on any atom is -0.465 e. The molecule has 1 N–H and O–H groups in total. The molecule has 1 unspecified atom stereocenters. The molecule has 1 atom stereocenters. The van der Waals surface area contributed by atoms with Gasteiger partial charge in [0.2, 0.25) is 10.0 Å². The van der Waals surface area contributed by atoms with E-state index < -0.39 is 16.0 Å². The average Bonchev–Trinajstić information content (AvgIpc) is 2.57. The minimum absolute atomic E-state index is 0.000236. The average molecular weight is 389 g/mol. The van der Waals surface area contributed by atoms with Crippen LogP contribution >= 0.6 is 11.6 Å². The number of halogens is 1. The molecule has 1 aliphatic rings. The molecule has 0 spiro atoms. The molecule has 1 aromatic carbocycles. The standard InChI is InChI=1S/C17H25ClN2O4S/c1-13-5-3-9-20(12-13)10-4-8-19-25(22,23)16-7-6-14(11-15(16)18)17(21)24-2/h6-7,11,13,19H,3-5,8-10,12H2,1-2H3. The van der Waals surface area contributed by atoms with E-state index in [1.54, 1.807) is 0 Å². The van der Waals surface area contributed by atoms with Crippen molar-refractivity contribution < 1.29 is 17.9 Å². The van der Waals surface area contributed by atoms with Crippen LogP contribution in [0.15, 0.2) is 23.1 Å². The molecule has 0 saturated carbocycles.